The third kappa shape index (κ3) is 10.3. The van der Waals surface area contributed by atoms with E-state index in [4.69, 9.17) is 23.7 Å². The molecule has 0 unspecified atom stereocenters. The van der Waals surface area contributed by atoms with Gasteiger partial charge in [-0.25, -0.2) is 0 Å². The summed E-state index contributed by atoms with van der Waals surface area (Å²) < 4.78 is 32.7. The van der Waals surface area contributed by atoms with Crippen LogP contribution in [-0.2, 0) is 54.9 Å². The zero-order valence-electron chi connectivity index (χ0n) is 26.1. The Morgan fingerprint density at radius 1 is 0.609 bits per heavy atom. The van der Waals surface area contributed by atoms with Crippen LogP contribution in [0.2, 0.25) is 0 Å². The highest BCUT2D eigenvalue weighted by Gasteiger charge is 2.48. The van der Waals surface area contributed by atoms with Crippen molar-refractivity contribution in [2.75, 3.05) is 12.4 Å². The lowest BCUT2D eigenvalue weighted by molar-refractivity contribution is -0.184. The minimum Gasteiger partial charge on any atom is -0.388 e. The molecule has 1 aliphatic rings. The molecular formula is C38H42O7S. The highest BCUT2D eigenvalue weighted by atomic mass is 32.2. The van der Waals surface area contributed by atoms with Crippen LogP contribution in [0.3, 0.4) is 0 Å². The van der Waals surface area contributed by atoms with E-state index in [0.717, 1.165) is 34.0 Å². The van der Waals surface area contributed by atoms with E-state index >= 15 is 0 Å². The van der Waals surface area contributed by atoms with Gasteiger partial charge >= 0.3 is 0 Å². The molecule has 242 valence electrons. The summed E-state index contributed by atoms with van der Waals surface area (Å²) in [4.78, 5) is 12.0. The van der Waals surface area contributed by atoms with Crippen LogP contribution in [0.15, 0.2) is 121 Å². The van der Waals surface area contributed by atoms with Crippen molar-refractivity contribution >= 4 is 16.9 Å². The van der Waals surface area contributed by atoms with Gasteiger partial charge in [0.25, 0.3) is 0 Å². The average Bonchev–Trinajstić information content (AvgIpc) is 3.19. The fraction of sp³-hybridized carbons (Fsp3) is 0.342. The molecule has 5 rings (SSSR count). The van der Waals surface area contributed by atoms with Gasteiger partial charge in [0.1, 0.15) is 30.5 Å². The maximum atomic E-state index is 12.0. The van der Waals surface area contributed by atoms with Crippen LogP contribution in [0.5, 0.6) is 0 Å². The number of aliphatic hydroxyl groups is 1. The number of ether oxygens (including phenoxy) is 5. The quantitative estimate of drug-likeness (QED) is 0.160. The third-order valence-corrected chi connectivity index (χ3v) is 8.68. The number of hydrogen-bond donors (Lipinski definition) is 1. The lowest BCUT2D eigenvalue weighted by Gasteiger charge is -2.35. The van der Waals surface area contributed by atoms with Crippen LogP contribution in [0.4, 0.5) is 0 Å². The summed E-state index contributed by atoms with van der Waals surface area (Å²) >= 11 is 1.11. The van der Waals surface area contributed by atoms with Crippen molar-refractivity contribution in [3.63, 3.8) is 0 Å². The highest BCUT2D eigenvalue weighted by molar-refractivity contribution is 8.13. The minimum absolute atomic E-state index is 0.0626. The number of thioether (sulfide) groups is 1. The number of carbonyl (C=O) groups excluding carboxylic acids is 1. The Morgan fingerprint density at radius 3 is 1.48 bits per heavy atom. The number of benzene rings is 4. The van der Waals surface area contributed by atoms with Gasteiger partial charge in [0.15, 0.2) is 5.12 Å². The highest BCUT2D eigenvalue weighted by Crippen LogP contribution is 2.31. The summed E-state index contributed by atoms with van der Waals surface area (Å²) in [5.41, 5.74) is 3.96. The molecule has 0 bridgehead atoms. The molecule has 4 aromatic carbocycles. The zero-order chi connectivity index (χ0) is 32.0. The second kappa shape index (κ2) is 18.1. The number of hydrogen-bond acceptors (Lipinski definition) is 8. The molecule has 0 saturated carbocycles. The molecule has 46 heavy (non-hydrogen) atoms. The normalized spacial score (nSPS) is 23.1. The maximum Gasteiger partial charge on any atom is 0.185 e. The molecule has 8 heteroatoms. The van der Waals surface area contributed by atoms with E-state index in [1.165, 1.54) is 6.92 Å². The van der Waals surface area contributed by atoms with Crippen molar-refractivity contribution in [2.24, 2.45) is 0 Å². The first-order valence-electron chi connectivity index (χ1n) is 15.6. The summed E-state index contributed by atoms with van der Waals surface area (Å²) in [5, 5.41) is 11.9. The molecule has 1 N–H and O–H groups in total. The topological polar surface area (TPSA) is 83.5 Å². The average molecular weight is 643 g/mol. The molecular weight excluding hydrogens is 600 g/mol. The van der Waals surface area contributed by atoms with Crippen molar-refractivity contribution < 1.29 is 33.6 Å². The Kier molecular flexibility index (Phi) is 13.4. The van der Waals surface area contributed by atoms with Gasteiger partial charge in [0.05, 0.1) is 39.1 Å². The van der Waals surface area contributed by atoms with E-state index < -0.39 is 36.6 Å². The summed E-state index contributed by atoms with van der Waals surface area (Å²) in [6.45, 7) is 2.89. The molecule has 7 nitrogen and oxygen atoms in total. The standard InChI is InChI=1S/C38H42O7S/c1-28(39)46-27-34-35(40)37(43-24-31-18-10-4-11-19-31)38(44-25-32-20-12-5-13-21-32)36(42-23-30-16-8-3-9-17-30)33(45-34)26-41-22-29-14-6-2-7-15-29/h2-21,33-38,40H,22-27H2,1H3/t33-,34+,35-,36-,37+,38+/m1/s1. The van der Waals surface area contributed by atoms with Gasteiger partial charge in [-0.2, -0.15) is 0 Å². The summed E-state index contributed by atoms with van der Waals surface area (Å²) in [7, 11) is 0. The summed E-state index contributed by atoms with van der Waals surface area (Å²) in [6, 6.07) is 39.5. The Bertz CT molecular complexity index is 1420. The Hall–Kier alpha value is -3.34. The predicted octanol–water partition coefficient (Wildman–Crippen LogP) is 6.37. The molecule has 1 fully saturated rings. The van der Waals surface area contributed by atoms with Gasteiger partial charge < -0.3 is 28.8 Å². The Labute approximate surface area is 275 Å². The van der Waals surface area contributed by atoms with Gasteiger partial charge in [0.2, 0.25) is 0 Å². The SMILES string of the molecule is CC(=O)SC[C@@H]1O[C@H](COCc2ccccc2)[C@@H](OCc2ccccc2)[C@H](OCc2ccccc2)[C@@H](OCc2ccccc2)[C@@H]1O. The lowest BCUT2D eigenvalue weighted by Crippen LogP contribution is -2.51. The lowest BCUT2D eigenvalue weighted by atomic mass is 9.98. The maximum absolute atomic E-state index is 12.0. The van der Waals surface area contributed by atoms with E-state index in [9.17, 15) is 9.90 Å². The van der Waals surface area contributed by atoms with E-state index in [1.54, 1.807) is 0 Å². The summed E-state index contributed by atoms with van der Waals surface area (Å²) in [6.07, 6.45) is -4.73. The van der Waals surface area contributed by atoms with E-state index in [-0.39, 0.29) is 30.7 Å². The molecule has 1 aliphatic heterocycles. The molecule has 0 aromatic heterocycles. The Balaban J connectivity index is 1.48. The van der Waals surface area contributed by atoms with Crippen molar-refractivity contribution in [3.05, 3.63) is 144 Å². The van der Waals surface area contributed by atoms with Gasteiger partial charge in [0, 0.05) is 12.7 Å². The van der Waals surface area contributed by atoms with E-state index in [0.29, 0.717) is 13.2 Å². The number of rotatable bonds is 15. The van der Waals surface area contributed by atoms with Crippen LogP contribution >= 0.6 is 11.8 Å². The van der Waals surface area contributed by atoms with Gasteiger partial charge in [-0.1, -0.05) is 133 Å². The first kappa shape index (κ1) is 34.0. The van der Waals surface area contributed by atoms with Gasteiger partial charge in [-0.05, 0) is 22.3 Å². The van der Waals surface area contributed by atoms with Crippen LogP contribution in [0.25, 0.3) is 0 Å². The van der Waals surface area contributed by atoms with Crippen LogP contribution < -0.4 is 0 Å². The van der Waals surface area contributed by atoms with Crippen LogP contribution in [-0.4, -0.2) is 59.2 Å². The molecule has 4 aromatic rings. The second-order valence-electron chi connectivity index (χ2n) is 11.3. The number of carbonyl (C=O) groups is 1. The van der Waals surface area contributed by atoms with Crippen molar-refractivity contribution in [3.8, 4) is 0 Å². The Morgan fingerprint density at radius 2 is 1.02 bits per heavy atom. The molecule has 0 amide bonds. The van der Waals surface area contributed by atoms with Gasteiger partial charge in [-0.3, -0.25) is 4.79 Å². The second-order valence-corrected chi connectivity index (χ2v) is 12.5. The molecule has 0 spiro atoms. The number of aliphatic hydroxyl groups excluding tert-OH is 1. The molecule has 1 saturated heterocycles. The van der Waals surface area contributed by atoms with E-state index in [2.05, 4.69) is 0 Å². The first-order chi connectivity index (χ1) is 22.6. The first-order valence-corrected chi connectivity index (χ1v) is 16.6. The molecule has 6 atom stereocenters. The largest absolute Gasteiger partial charge is 0.388 e. The van der Waals surface area contributed by atoms with Crippen molar-refractivity contribution in [2.45, 2.75) is 70.0 Å². The molecule has 0 aliphatic carbocycles. The van der Waals surface area contributed by atoms with Gasteiger partial charge in [-0.15, -0.1) is 0 Å². The minimum atomic E-state index is -1.11. The fourth-order valence-electron chi connectivity index (χ4n) is 5.41. The van der Waals surface area contributed by atoms with Crippen molar-refractivity contribution in [1.29, 1.82) is 0 Å². The van der Waals surface area contributed by atoms with E-state index in [1.807, 2.05) is 121 Å². The van der Waals surface area contributed by atoms with Crippen LogP contribution in [0.1, 0.15) is 29.2 Å². The smallest absolute Gasteiger partial charge is 0.185 e. The predicted molar refractivity (Wildman–Crippen MR) is 179 cm³/mol. The molecule has 0 radical (unpaired) electrons. The third-order valence-electron chi connectivity index (χ3n) is 7.78. The fourth-order valence-corrected chi connectivity index (χ4v) is 6.09. The zero-order valence-corrected chi connectivity index (χ0v) is 26.9. The van der Waals surface area contributed by atoms with Crippen LogP contribution in [0, 0.1) is 0 Å². The van der Waals surface area contributed by atoms with Crippen molar-refractivity contribution in [1.82, 2.24) is 0 Å². The summed E-state index contributed by atoms with van der Waals surface area (Å²) in [5.74, 6) is 0.244. The molecule has 1 heterocycles. The monoisotopic (exact) mass is 642 g/mol.